The number of benzene rings is 2. The highest BCUT2D eigenvalue weighted by molar-refractivity contribution is 6.01. The molecule has 3 heterocycles. The van der Waals surface area contributed by atoms with Crippen LogP contribution in [0.15, 0.2) is 71.7 Å². The Morgan fingerprint density at radius 3 is 2.62 bits per heavy atom. The van der Waals surface area contributed by atoms with Crippen molar-refractivity contribution in [1.82, 2.24) is 14.9 Å². The van der Waals surface area contributed by atoms with Gasteiger partial charge in [0.1, 0.15) is 30.4 Å². The number of amides is 3. The molecule has 3 aromatic rings. The number of nitrogens with zero attached hydrogens (tertiary/aromatic N) is 3. The van der Waals surface area contributed by atoms with E-state index < -0.39 is 23.1 Å². The van der Waals surface area contributed by atoms with Crippen LogP contribution in [0.25, 0.3) is 0 Å². The van der Waals surface area contributed by atoms with E-state index in [0.29, 0.717) is 31.4 Å². The zero-order chi connectivity index (χ0) is 29.6. The molecule has 2 bridgehead atoms. The van der Waals surface area contributed by atoms with Crippen molar-refractivity contribution >= 4 is 17.7 Å². The Labute approximate surface area is 241 Å². The molecule has 2 aliphatic heterocycles. The number of fused-ring (bicyclic) bond motifs is 2. The van der Waals surface area contributed by atoms with Crippen LogP contribution >= 0.6 is 0 Å². The fraction of sp³-hybridized carbons (Fsp3) is 0.290. The molecule has 1 N–H and O–H groups in total. The van der Waals surface area contributed by atoms with E-state index in [-0.39, 0.29) is 54.9 Å². The summed E-state index contributed by atoms with van der Waals surface area (Å²) >= 11 is 0. The van der Waals surface area contributed by atoms with E-state index in [4.69, 9.17) is 9.47 Å². The molecule has 0 aliphatic carbocycles. The van der Waals surface area contributed by atoms with Gasteiger partial charge in [0.15, 0.2) is 11.4 Å². The third-order valence-corrected chi connectivity index (χ3v) is 7.00. The maximum atomic E-state index is 14.0. The number of rotatable bonds is 3. The topological polar surface area (TPSA) is 110 Å². The first-order chi connectivity index (χ1) is 20.3. The number of halogens is 1. The average molecular weight is 575 g/mol. The summed E-state index contributed by atoms with van der Waals surface area (Å²) in [5.41, 5.74) is 0.0139. The minimum absolute atomic E-state index is 0.0400. The van der Waals surface area contributed by atoms with Gasteiger partial charge in [0.2, 0.25) is 11.3 Å². The Kier molecular flexibility index (Phi) is 8.66. The monoisotopic (exact) mass is 574 g/mol. The first kappa shape index (κ1) is 28.6. The smallest absolute Gasteiger partial charge is 0.277 e. The first-order valence-corrected chi connectivity index (χ1v) is 13.7. The van der Waals surface area contributed by atoms with Crippen LogP contribution in [0.4, 0.5) is 4.39 Å². The van der Waals surface area contributed by atoms with Gasteiger partial charge >= 0.3 is 0 Å². The molecule has 0 saturated carbocycles. The molecular weight excluding hydrogens is 543 g/mol. The number of pyridine rings is 1. The van der Waals surface area contributed by atoms with Crippen LogP contribution in [0.2, 0.25) is 0 Å². The molecule has 2 aromatic carbocycles. The molecule has 218 valence electrons. The van der Waals surface area contributed by atoms with Crippen LogP contribution in [-0.2, 0) is 17.9 Å². The summed E-state index contributed by atoms with van der Waals surface area (Å²) in [7, 11) is 1.53. The number of aromatic nitrogens is 1. The van der Waals surface area contributed by atoms with Gasteiger partial charge in [-0.1, -0.05) is 48.6 Å². The second-order valence-corrected chi connectivity index (χ2v) is 10.0. The van der Waals surface area contributed by atoms with Crippen molar-refractivity contribution in [2.24, 2.45) is 0 Å². The molecule has 0 fully saturated rings. The lowest BCUT2D eigenvalue weighted by atomic mass is 10.1. The van der Waals surface area contributed by atoms with Gasteiger partial charge < -0.3 is 19.7 Å². The van der Waals surface area contributed by atoms with Crippen molar-refractivity contribution in [3.63, 3.8) is 0 Å². The summed E-state index contributed by atoms with van der Waals surface area (Å²) in [5.74, 6) is -2.09. The molecule has 1 aromatic heterocycles. The van der Waals surface area contributed by atoms with E-state index in [9.17, 15) is 23.6 Å². The van der Waals surface area contributed by atoms with Crippen LogP contribution < -0.4 is 25.2 Å². The largest absolute Gasteiger partial charge is 0.493 e. The molecule has 2 aliphatic rings. The molecule has 5 rings (SSSR count). The van der Waals surface area contributed by atoms with Gasteiger partial charge in [0.05, 0.1) is 6.61 Å². The van der Waals surface area contributed by atoms with E-state index >= 15 is 0 Å². The summed E-state index contributed by atoms with van der Waals surface area (Å²) in [6, 6.07) is 13.1. The highest BCUT2D eigenvalue weighted by Gasteiger charge is 2.36. The van der Waals surface area contributed by atoms with E-state index in [0.717, 1.165) is 5.56 Å². The van der Waals surface area contributed by atoms with Crippen molar-refractivity contribution in [2.75, 3.05) is 25.3 Å². The predicted octanol–water partition coefficient (Wildman–Crippen LogP) is 3.51. The quantitative estimate of drug-likeness (QED) is 0.480. The van der Waals surface area contributed by atoms with Crippen molar-refractivity contribution in [1.29, 1.82) is 0 Å². The van der Waals surface area contributed by atoms with Gasteiger partial charge in [-0.2, -0.15) is 0 Å². The number of carbonyl (C=O) groups excluding carboxylic acids is 3. The SMILES string of the molecule is CN1CN2C(=O)CCC/C=C\CCOc3cc(F)ccc3CNC(=O)c3cn2c(c(OCc2ccccc2)c3=O)C1=O. The zero-order valence-electron chi connectivity index (χ0n) is 23.2. The fourth-order valence-electron chi connectivity index (χ4n) is 4.76. The maximum absolute atomic E-state index is 14.0. The normalized spacial score (nSPS) is 17.0. The summed E-state index contributed by atoms with van der Waals surface area (Å²) in [6.45, 7) is 0.124. The van der Waals surface area contributed by atoms with Crippen molar-refractivity contribution in [2.45, 2.75) is 38.8 Å². The van der Waals surface area contributed by atoms with Gasteiger partial charge in [-0.25, -0.2) is 14.1 Å². The first-order valence-electron chi connectivity index (χ1n) is 13.7. The number of ether oxygens (including phenoxy) is 2. The molecule has 42 heavy (non-hydrogen) atoms. The van der Waals surface area contributed by atoms with Gasteiger partial charge in [-0.05, 0) is 30.9 Å². The van der Waals surface area contributed by atoms with Crippen LogP contribution in [0.3, 0.4) is 0 Å². The Hall–Kier alpha value is -4.93. The van der Waals surface area contributed by atoms with Crippen molar-refractivity contribution < 1.29 is 28.2 Å². The van der Waals surface area contributed by atoms with E-state index in [1.165, 1.54) is 46.0 Å². The lowest BCUT2D eigenvalue weighted by Gasteiger charge is -2.37. The van der Waals surface area contributed by atoms with Gasteiger partial charge in [-0.3, -0.25) is 19.2 Å². The van der Waals surface area contributed by atoms with Crippen molar-refractivity contribution in [3.8, 4) is 11.5 Å². The molecule has 0 radical (unpaired) electrons. The number of hydrogen-bond donors (Lipinski definition) is 1. The maximum Gasteiger partial charge on any atom is 0.277 e. The average Bonchev–Trinajstić information content (AvgIpc) is 2.98. The molecule has 11 heteroatoms. The van der Waals surface area contributed by atoms with Gasteiger partial charge in [0.25, 0.3) is 11.8 Å². The highest BCUT2D eigenvalue weighted by Crippen LogP contribution is 2.24. The Morgan fingerprint density at radius 2 is 1.81 bits per heavy atom. The predicted molar refractivity (Wildman–Crippen MR) is 152 cm³/mol. The zero-order valence-corrected chi connectivity index (χ0v) is 23.2. The highest BCUT2D eigenvalue weighted by atomic mass is 19.1. The van der Waals surface area contributed by atoms with Crippen LogP contribution in [0.1, 0.15) is 57.7 Å². The minimum Gasteiger partial charge on any atom is -0.493 e. The summed E-state index contributed by atoms with van der Waals surface area (Å²) in [6.07, 6.45) is 7.01. The molecular formula is C31H31FN4O6. The molecule has 0 atom stereocenters. The Morgan fingerprint density at radius 1 is 1.02 bits per heavy atom. The van der Waals surface area contributed by atoms with Crippen LogP contribution in [0, 0.1) is 5.82 Å². The molecule has 0 spiro atoms. The Bertz CT molecular complexity index is 1590. The lowest BCUT2D eigenvalue weighted by Crippen LogP contribution is -2.55. The summed E-state index contributed by atoms with van der Waals surface area (Å²) < 4.78 is 26.9. The van der Waals surface area contributed by atoms with Crippen LogP contribution in [0.5, 0.6) is 11.5 Å². The molecule has 3 amide bonds. The molecule has 0 saturated heterocycles. The summed E-state index contributed by atoms with van der Waals surface area (Å²) in [4.78, 5) is 55.2. The van der Waals surface area contributed by atoms with Crippen molar-refractivity contribution in [3.05, 3.63) is 105 Å². The van der Waals surface area contributed by atoms with E-state index in [1.54, 1.807) is 12.1 Å². The second-order valence-electron chi connectivity index (χ2n) is 10.0. The minimum atomic E-state index is -0.791. The summed E-state index contributed by atoms with van der Waals surface area (Å²) in [5, 5.41) is 4.03. The third kappa shape index (κ3) is 6.19. The fourth-order valence-corrected chi connectivity index (χ4v) is 4.76. The number of allylic oxidation sites excluding steroid dienone is 1. The van der Waals surface area contributed by atoms with Gasteiger partial charge in [0, 0.05) is 37.8 Å². The standard InChI is InChI=1S/C31H31FN4O6/c1-34-20-36-26(37)12-8-3-2-4-9-15-41-25-16-23(32)14-13-22(25)17-33-30(39)24-18-35(36)27(31(34)40)29(28(24)38)42-19-21-10-6-5-7-11-21/h2,4-7,10-11,13-14,16,18H,3,8-9,12,15,17,19-20H2,1H3,(H,33,39)/b4-2-. The third-order valence-electron chi connectivity index (χ3n) is 7.00. The molecule has 0 unspecified atom stereocenters. The molecule has 10 nitrogen and oxygen atoms in total. The number of nitrogens with one attached hydrogen (secondary N) is 1. The lowest BCUT2D eigenvalue weighted by molar-refractivity contribution is -0.120. The Balaban J connectivity index is 1.58. The van der Waals surface area contributed by atoms with E-state index in [1.807, 2.05) is 30.4 Å². The van der Waals surface area contributed by atoms with Gasteiger partial charge in [-0.15, -0.1) is 0 Å². The number of hydrogen-bond acceptors (Lipinski definition) is 6. The second kappa shape index (κ2) is 12.7. The number of carbonyl (C=O) groups is 3. The van der Waals surface area contributed by atoms with E-state index in [2.05, 4.69) is 5.32 Å². The van der Waals surface area contributed by atoms with Crippen LogP contribution in [-0.4, -0.2) is 47.6 Å².